The molecule has 0 aromatic carbocycles. The first-order chi connectivity index (χ1) is 8.15. The zero-order chi connectivity index (χ0) is 12.4. The van der Waals surface area contributed by atoms with Gasteiger partial charge >= 0.3 is 5.88 Å². The second-order valence-electron chi connectivity index (χ2n) is 3.30. The van der Waals surface area contributed by atoms with Gasteiger partial charge in [-0.15, -0.1) is 0 Å². The van der Waals surface area contributed by atoms with Crippen molar-refractivity contribution in [2.24, 2.45) is 0 Å². The van der Waals surface area contributed by atoms with Crippen LogP contribution in [0.25, 0.3) is 11.5 Å². The minimum Gasteiger partial charge on any atom is -0.399 e. The van der Waals surface area contributed by atoms with Crippen LogP contribution in [0.1, 0.15) is 17.3 Å². The van der Waals surface area contributed by atoms with Crippen LogP contribution in [0.3, 0.4) is 0 Å². The number of nitro groups is 1. The molecule has 0 aliphatic heterocycles. The molecule has 2 rings (SSSR count). The third kappa shape index (κ3) is 1.94. The molecule has 2 heterocycles. The molecule has 0 atom stereocenters. The Hall–Kier alpha value is -2.44. The molecule has 0 unspecified atom stereocenters. The van der Waals surface area contributed by atoms with Gasteiger partial charge in [0.25, 0.3) is 0 Å². The summed E-state index contributed by atoms with van der Waals surface area (Å²) in [4.78, 5) is 20.7. The van der Waals surface area contributed by atoms with Crippen LogP contribution in [-0.4, -0.2) is 21.0 Å². The molecule has 0 saturated carbocycles. The van der Waals surface area contributed by atoms with Crippen molar-refractivity contribution in [1.29, 1.82) is 0 Å². The summed E-state index contributed by atoms with van der Waals surface area (Å²) in [5.41, 5.74) is 0.658. The zero-order valence-corrected chi connectivity index (χ0v) is 8.99. The molecule has 0 aliphatic carbocycles. The molecule has 7 heteroatoms. The topological polar surface area (TPSA) is 91.2 Å². The largest absolute Gasteiger partial charge is 0.433 e. The molecule has 0 bridgehead atoms. The lowest BCUT2D eigenvalue weighted by molar-refractivity contribution is -0.401. The maximum atomic E-state index is 10.8. The maximum Gasteiger partial charge on any atom is 0.433 e. The Morgan fingerprint density at radius 3 is 2.88 bits per heavy atom. The third-order valence-electron chi connectivity index (χ3n) is 2.25. The number of carbonyl (C=O) groups is 1. The van der Waals surface area contributed by atoms with Crippen molar-refractivity contribution in [3.8, 4) is 11.5 Å². The second kappa shape index (κ2) is 4.20. The van der Waals surface area contributed by atoms with Crippen molar-refractivity contribution < 1.29 is 14.1 Å². The van der Waals surface area contributed by atoms with E-state index in [0.29, 0.717) is 24.1 Å². The molecular weight excluding hydrogens is 226 g/mol. The van der Waals surface area contributed by atoms with Gasteiger partial charge in [-0.05, 0) is 13.0 Å². The maximum absolute atomic E-state index is 10.8. The number of rotatable bonds is 4. The minimum absolute atomic E-state index is 0.214. The van der Waals surface area contributed by atoms with E-state index in [1.807, 2.05) is 6.92 Å². The molecule has 17 heavy (non-hydrogen) atoms. The van der Waals surface area contributed by atoms with Crippen LogP contribution in [0.15, 0.2) is 22.7 Å². The fraction of sp³-hybridized carbons (Fsp3) is 0.200. The third-order valence-corrected chi connectivity index (χ3v) is 2.25. The fourth-order valence-electron chi connectivity index (χ4n) is 1.43. The first-order valence-electron chi connectivity index (χ1n) is 4.93. The van der Waals surface area contributed by atoms with E-state index in [1.54, 1.807) is 10.9 Å². The van der Waals surface area contributed by atoms with Crippen molar-refractivity contribution in [1.82, 2.24) is 9.78 Å². The quantitative estimate of drug-likeness (QED) is 0.458. The summed E-state index contributed by atoms with van der Waals surface area (Å²) in [6.45, 7) is 2.47. The number of carbonyl (C=O) groups excluding carboxylic acids is 1. The normalized spacial score (nSPS) is 10.4. The predicted molar refractivity (Wildman–Crippen MR) is 57.6 cm³/mol. The SMILES string of the molecule is CCn1cc(C=O)c(-c2ccc([N+](=O)[O-])o2)n1. The monoisotopic (exact) mass is 235 g/mol. The molecule has 7 nitrogen and oxygen atoms in total. The van der Waals surface area contributed by atoms with E-state index in [0.717, 1.165) is 0 Å². The average Bonchev–Trinajstić information content (AvgIpc) is 2.94. The van der Waals surface area contributed by atoms with Crippen LogP contribution >= 0.6 is 0 Å². The van der Waals surface area contributed by atoms with Gasteiger partial charge in [-0.3, -0.25) is 19.6 Å². The minimum atomic E-state index is -0.638. The smallest absolute Gasteiger partial charge is 0.399 e. The van der Waals surface area contributed by atoms with Gasteiger partial charge in [-0.1, -0.05) is 0 Å². The van der Waals surface area contributed by atoms with Crippen molar-refractivity contribution in [2.75, 3.05) is 0 Å². The van der Waals surface area contributed by atoms with E-state index in [-0.39, 0.29) is 11.6 Å². The lowest BCUT2D eigenvalue weighted by Gasteiger charge is -1.91. The van der Waals surface area contributed by atoms with Gasteiger partial charge < -0.3 is 4.42 Å². The summed E-state index contributed by atoms with van der Waals surface area (Å²) in [5.74, 6) is -0.158. The Morgan fingerprint density at radius 1 is 1.59 bits per heavy atom. The zero-order valence-electron chi connectivity index (χ0n) is 8.99. The highest BCUT2D eigenvalue weighted by Crippen LogP contribution is 2.26. The van der Waals surface area contributed by atoms with Crippen LogP contribution in [0, 0.1) is 10.1 Å². The van der Waals surface area contributed by atoms with Gasteiger partial charge in [0.15, 0.2) is 12.0 Å². The van der Waals surface area contributed by atoms with E-state index in [1.165, 1.54) is 12.1 Å². The van der Waals surface area contributed by atoms with E-state index >= 15 is 0 Å². The number of aldehydes is 1. The van der Waals surface area contributed by atoms with Gasteiger partial charge in [0.05, 0.1) is 11.6 Å². The fourth-order valence-corrected chi connectivity index (χ4v) is 1.43. The molecule has 88 valence electrons. The Balaban J connectivity index is 2.47. The molecule has 2 aromatic heterocycles. The number of hydrogen-bond acceptors (Lipinski definition) is 5. The average molecular weight is 235 g/mol. The highest BCUT2D eigenvalue weighted by Gasteiger charge is 2.18. The summed E-state index contributed by atoms with van der Waals surface area (Å²) >= 11 is 0. The van der Waals surface area contributed by atoms with Crippen LogP contribution in [0.5, 0.6) is 0 Å². The number of aryl methyl sites for hydroxylation is 1. The molecule has 0 saturated heterocycles. The molecule has 0 spiro atoms. The standard InChI is InChI=1S/C10H9N3O4/c1-2-12-5-7(6-14)10(11-12)8-3-4-9(17-8)13(15)16/h3-6H,2H2,1H3. The molecule has 2 aromatic rings. The highest BCUT2D eigenvalue weighted by atomic mass is 16.6. The summed E-state index contributed by atoms with van der Waals surface area (Å²) in [6.07, 6.45) is 2.21. The summed E-state index contributed by atoms with van der Waals surface area (Å²) in [7, 11) is 0. The summed E-state index contributed by atoms with van der Waals surface area (Å²) < 4.78 is 6.56. The number of aromatic nitrogens is 2. The molecule has 0 amide bonds. The van der Waals surface area contributed by atoms with Gasteiger partial charge in [0.2, 0.25) is 0 Å². The van der Waals surface area contributed by atoms with Gasteiger partial charge in [0.1, 0.15) is 10.6 Å². The van der Waals surface area contributed by atoms with E-state index in [9.17, 15) is 14.9 Å². The number of nitrogens with zero attached hydrogens (tertiary/aromatic N) is 3. The van der Waals surface area contributed by atoms with Gasteiger partial charge in [-0.2, -0.15) is 5.10 Å². The predicted octanol–water partition coefficient (Wildman–Crippen LogP) is 1.88. The lowest BCUT2D eigenvalue weighted by atomic mass is 10.2. The van der Waals surface area contributed by atoms with Crippen LogP contribution in [0.2, 0.25) is 0 Å². The highest BCUT2D eigenvalue weighted by molar-refractivity contribution is 5.84. The first-order valence-corrected chi connectivity index (χ1v) is 4.93. The van der Waals surface area contributed by atoms with Crippen LogP contribution < -0.4 is 0 Å². The Kier molecular flexibility index (Phi) is 2.73. The van der Waals surface area contributed by atoms with Crippen LogP contribution in [0.4, 0.5) is 5.88 Å². The second-order valence-corrected chi connectivity index (χ2v) is 3.30. The summed E-state index contributed by atoms with van der Waals surface area (Å²) in [5, 5.41) is 14.6. The molecule has 0 N–H and O–H groups in total. The molecular formula is C10H9N3O4. The van der Waals surface area contributed by atoms with Crippen molar-refractivity contribution in [3.05, 3.63) is 34.0 Å². The molecule has 0 fully saturated rings. The van der Waals surface area contributed by atoms with Crippen LogP contribution in [-0.2, 0) is 6.54 Å². The Bertz CT molecular complexity index is 570. The van der Waals surface area contributed by atoms with Crippen molar-refractivity contribution >= 4 is 12.2 Å². The summed E-state index contributed by atoms with van der Waals surface area (Å²) in [6, 6.07) is 2.66. The first kappa shape index (κ1) is 11.1. The van der Waals surface area contributed by atoms with Crippen molar-refractivity contribution in [3.63, 3.8) is 0 Å². The van der Waals surface area contributed by atoms with E-state index < -0.39 is 4.92 Å². The van der Waals surface area contributed by atoms with Crippen molar-refractivity contribution in [2.45, 2.75) is 13.5 Å². The van der Waals surface area contributed by atoms with E-state index in [4.69, 9.17) is 4.42 Å². The number of furan rings is 1. The van der Waals surface area contributed by atoms with E-state index in [2.05, 4.69) is 5.10 Å². The number of hydrogen-bond donors (Lipinski definition) is 0. The lowest BCUT2D eigenvalue weighted by Crippen LogP contribution is -1.93. The van der Waals surface area contributed by atoms with Gasteiger partial charge in [-0.25, -0.2) is 0 Å². The Morgan fingerprint density at radius 2 is 2.35 bits per heavy atom. The molecule has 0 aliphatic rings. The molecule has 0 radical (unpaired) electrons. The Labute approximate surface area is 95.8 Å². The van der Waals surface area contributed by atoms with Gasteiger partial charge in [0, 0.05) is 12.7 Å².